The number of aliphatic carboxylic acids is 1. The molecule has 4 aromatic rings. The molecule has 0 unspecified atom stereocenters. The average Bonchev–Trinajstić information content (AvgIpc) is 3.46. The van der Waals surface area contributed by atoms with Crippen LogP contribution in [0.5, 0.6) is 5.75 Å². The molecule has 0 bridgehead atoms. The summed E-state index contributed by atoms with van der Waals surface area (Å²) >= 11 is 6.10. The number of carboxylic acid groups (broad SMARTS) is 1. The predicted molar refractivity (Wildman–Crippen MR) is 196 cm³/mol. The Morgan fingerprint density at radius 2 is 1.71 bits per heavy atom. The van der Waals surface area contributed by atoms with Crippen LogP contribution in [0.15, 0.2) is 85.1 Å². The minimum Gasteiger partial charge on any atom is -0.496 e. The molecule has 2 aliphatic heterocycles. The van der Waals surface area contributed by atoms with Crippen molar-refractivity contribution in [2.75, 3.05) is 38.2 Å². The molecular formula is C40H44ClN5O5. The Kier molecular flexibility index (Phi) is 11.8. The largest absolute Gasteiger partial charge is 0.496 e. The summed E-state index contributed by atoms with van der Waals surface area (Å²) in [6, 6.07) is 24.9. The Hall–Kier alpha value is -4.96. The second-order valence-corrected chi connectivity index (χ2v) is 13.8. The molecule has 0 aliphatic carbocycles. The van der Waals surface area contributed by atoms with Gasteiger partial charge in [-0.3, -0.25) is 14.4 Å². The van der Waals surface area contributed by atoms with E-state index in [0.29, 0.717) is 53.9 Å². The van der Waals surface area contributed by atoms with Gasteiger partial charge < -0.3 is 24.5 Å². The summed E-state index contributed by atoms with van der Waals surface area (Å²) < 4.78 is 5.52. The standard InChI is InChI=1S/C40H44ClN5O5/c1-51-36-13-6-5-11-30(36)23-37(47)46-21-8-7-12-31-26-45(27-35(31)46)40-42-24-33(34(43-40)19-16-28-9-3-2-4-10-28)39(50)44(22-20-38(48)49)25-29-14-17-32(41)18-15-29/h2-6,9-11,13-15,17-18,24,31,35H,7-8,12,16,19-23,25-27H2,1H3,(H,48,49)/t31-,35+/m0/s1. The van der Waals surface area contributed by atoms with Gasteiger partial charge in [0.05, 0.1) is 37.3 Å². The summed E-state index contributed by atoms with van der Waals surface area (Å²) in [4.78, 5) is 55.1. The molecule has 2 saturated heterocycles. The molecule has 2 atom stereocenters. The second kappa shape index (κ2) is 16.8. The maximum atomic E-state index is 14.2. The summed E-state index contributed by atoms with van der Waals surface area (Å²) in [7, 11) is 1.63. The lowest BCUT2D eigenvalue weighted by Crippen LogP contribution is -2.45. The normalized spacial score (nSPS) is 17.1. The summed E-state index contributed by atoms with van der Waals surface area (Å²) in [5.74, 6) is 0.311. The zero-order valence-corrected chi connectivity index (χ0v) is 29.7. The number of carbonyl (C=O) groups is 3. The minimum atomic E-state index is -0.985. The molecule has 10 nitrogen and oxygen atoms in total. The van der Waals surface area contributed by atoms with E-state index in [0.717, 1.165) is 42.5 Å². The van der Waals surface area contributed by atoms with Gasteiger partial charge in [-0.2, -0.15) is 0 Å². The van der Waals surface area contributed by atoms with Gasteiger partial charge in [0.15, 0.2) is 0 Å². The van der Waals surface area contributed by atoms with Crippen LogP contribution in [0.3, 0.4) is 0 Å². The second-order valence-electron chi connectivity index (χ2n) is 13.3. The number of halogens is 1. The summed E-state index contributed by atoms with van der Waals surface area (Å²) in [5, 5.41) is 10.1. The first-order valence-electron chi connectivity index (χ1n) is 17.6. The number of para-hydroxylation sites is 1. The molecule has 2 fully saturated rings. The molecule has 266 valence electrons. The van der Waals surface area contributed by atoms with E-state index in [-0.39, 0.29) is 49.7 Å². The fourth-order valence-electron chi connectivity index (χ4n) is 7.23. The lowest BCUT2D eigenvalue weighted by molar-refractivity contribution is -0.137. The number of aryl methyl sites for hydroxylation is 2. The number of fused-ring (bicyclic) bond motifs is 1. The lowest BCUT2D eigenvalue weighted by Gasteiger charge is -2.30. The highest BCUT2D eigenvalue weighted by Gasteiger charge is 2.41. The van der Waals surface area contributed by atoms with Crippen LogP contribution in [-0.4, -0.2) is 82.0 Å². The molecule has 3 aromatic carbocycles. The van der Waals surface area contributed by atoms with E-state index >= 15 is 0 Å². The Bertz CT molecular complexity index is 1820. The van der Waals surface area contributed by atoms with E-state index in [9.17, 15) is 19.5 Å². The number of carboxylic acids is 1. The number of carbonyl (C=O) groups excluding carboxylic acids is 2. The number of aromatic nitrogens is 2. The number of amides is 2. The summed E-state index contributed by atoms with van der Waals surface area (Å²) in [6.45, 7) is 2.28. The van der Waals surface area contributed by atoms with Crippen LogP contribution in [0.4, 0.5) is 5.95 Å². The predicted octanol–water partition coefficient (Wildman–Crippen LogP) is 6.10. The van der Waals surface area contributed by atoms with Gasteiger partial charge in [-0.05, 0) is 60.9 Å². The van der Waals surface area contributed by atoms with Gasteiger partial charge in [0, 0.05) is 49.5 Å². The molecule has 0 spiro atoms. The molecule has 2 aliphatic rings. The summed E-state index contributed by atoms with van der Waals surface area (Å²) in [5.41, 5.74) is 3.80. The highest BCUT2D eigenvalue weighted by molar-refractivity contribution is 6.30. The number of anilines is 1. The van der Waals surface area contributed by atoms with E-state index in [1.54, 1.807) is 30.3 Å². The van der Waals surface area contributed by atoms with E-state index in [1.165, 1.54) is 0 Å². The van der Waals surface area contributed by atoms with Crippen LogP contribution < -0.4 is 9.64 Å². The molecule has 3 heterocycles. The third-order valence-electron chi connectivity index (χ3n) is 9.92. The van der Waals surface area contributed by atoms with Crippen molar-refractivity contribution in [3.8, 4) is 5.75 Å². The van der Waals surface area contributed by atoms with Crippen molar-refractivity contribution in [2.24, 2.45) is 5.92 Å². The Morgan fingerprint density at radius 1 is 0.941 bits per heavy atom. The van der Waals surface area contributed by atoms with Crippen molar-refractivity contribution < 1.29 is 24.2 Å². The molecule has 6 rings (SSSR count). The van der Waals surface area contributed by atoms with Crippen molar-refractivity contribution >= 4 is 35.3 Å². The SMILES string of the molecule is COc1ccccc1CC(=O)N1CCCC[C@H]2CN(c3ncc(C(=O)N(CCC(=O)O)Cc4ccc(Cl)cc4)c(CCc4ccccc4)n3)C[C@H]21. The molecule has 0 radical (unpaired) electrons. The number of rotatable bonds is 13. The molecule has 0 saturated carbocycles. The molecule has 1 N–H and O–H groups in total. The number of nitrogens with zero attached hydrogens (tertiary/aromatic N) is 5. The highest BCUT2D eigenvalue weighted by atomic mass is 35.5. The number of likely N-dealkylation sites (tertiary alicyclic amines) is 1. The van der Waals surface area contributed by atoms with Gasteiger partial charge in [-0.25, -0.2) is 9.97 Å². The topological polar surface area (TPSA) is 116 Å². The number of benzene rings is 3. The molecule has 11 heteroatoms. The number of hydrogen-bond donors (Lipinski definition) is 1. The van der Waals surface area contributed by atoms with Crippen molar-refractivity contribution in [3.63, 3.8) is 0 Å². The lowest BCUT2D eigenvalue weighted by atomic mass is 9.98. The maximum absolute atomic E-state index is 14.2. The van der Waals surface area contributed by atoms with Gasteiger partial charge in [0.2, 0.25) is 11.9 Å². The van der Waals surface area contributed by atoms with Gasteiger partial charge in [0.1, 0.15) is 5.75 Å². The highest BCUT2D eigenvalue weighted by Crippen LogP contribution is 2.33. The van der Waals surface area contributed by atoms with Crippen molar-refractivity contribution in [1.29, 1.82) is 0 Å². The average molecular weight is 710 g/mol. The van der Waals surface area contributed by atoms with E-state index in [1.807, 2.05) is 66.7 Å². The monoisotopic (exact) mass is 709 g/mol. The third-order valence-corrected chi connectivity index (χ3v) is 10.2. The smallest absolute Gasteiger partial charge is 0.305 e. The maximum Gasteiger partial charge on any atom is 0.305 e. The van der Waals surface area contributed by atoms with Crippen LogP contribution in [0.25, 0.3) is 0 Å². The van der Waals surface area contributed by atoms with E-state index in [4.69, 9.17) is 26.3 Å². The molecule has 1 aromatic heterocycles. The first-order valence-corrected chi connectivity index (χ1v) is 18.0. The Labute approximate surface area is 304 Å². The number of hydrogen-bond acceptors (Lipinski definition) is 7. The zero-order chi connectivity index (χ0) is 35.7. The minimum absolute atomic E-state index is 0.0262. The van der Waals surface area contributed by atoms with Crippen LogP contribution in [0.1, 0.15) is 58.4 Å². The van der Waals surface area contributed by atoms with Gasteiger partial charge >= 0.3 is 5.97 Å². The Balaban J connectivity index is 1.26. The van der Waals surface area contributed by atoms with Crippen LogP contribution in [0.2, 0.25) is 5.02 Å². The first-order chi connectivity index (χ1) is 24.8. The van der Waals surface area contributed by atoms with Crippen molar-refractivity contribution in [3.05, 3.63) is 118 Å². The van der Waals surface area contributed by atoms with E-state index < -0.39 is 5.97 Å². The van der Waals surface area contributed by atoms with Gasteiger partial charge in [-0.1, -0.05) is 78.7 Å². The fourth-order valence-corrected chi connectivity index (χ4v) is 7.36. The number of ether oxygens (including phenoxy) is 1. The van der Waals surface area contributed by atoms with Gasteiger partial charge in [-0.15, -0.1) is 0 Å². The first kappa shape index (κ1) is 35.9. The van der Waals surface area contributed by atoms with Crippen LogP contribution >= 0.6 is 11.6 Å². The van der Waals surface area contributed by atoms with Crippen molar-refractivity contribution in [2.45, 2.75) is 57.5 Å². The van der Waals surface area contributed by atoms with E-state index in [2.05, 4.69) is 9.80 Å². The van der Waals surface area contributed by atoms with Gasteiger partial charge in [0.25, 0.3) is 5.91 Å². The van der Waals surface area contributed by atoms with Crippen LogP contribution in [0, 0.1) is 5.92 Å². The number of methoxy groups -OCH3 is 1. The zero-order valence-electron chi connectivity index (χ0n) is 28.9. The summed E-state index contributed by atoms with van der Waals surface area (Å²) in [6.07, 6.45) is 5.87. The van der Waals surface area contributed by atoms with Crippen molar-refractivity contribution in [1.82, 2.24) is 19.8 Å². The quantitative estimate of drug-likeness (QED) is 0.177. The molecule has 2 amide bonds. The molecular weight excluding hydrogens is 666 g/mol. The Morgan fingerprint density at radius 3 is 2.47 bits per heavy atom. The third kappa shape index (κ3) is 9.05. The molecule has 51 heavy (non-hydrogen) atoms. The van der Waals surface area contributed by atoms with Crippen LogP contribution in [-0.2, 0) is 35.4 Å². The fraction of sp³-hybridized carbons (Fsp3) is 0.375.